The van der Waals surface area contributed by atoms with Crippen LogP contribution in [-0.2, 0) is 11.4 Å². The van der Waals surface area contributed by atoms with E-state index in [0.29, 0.717) is 28.1 Å². The van der Waals surface area contributed by atoms with E-state index in [1.807, 2.05) is 19.9 Å². The van der Waals surface area contributed by atoms with E-state index in [4.69, 9.17) is 10.5 Å². The largest absolute Gasteiger partial charge is 0.454 e. The first-order chi connectivity index (χ1) is 10.8. The zero-order valence-corrected chi connectivity index (χ0v) is 12.9. The number of nitrogens with two attached hydrogens (primary N) is 1. The van der Waals surface area contributed by atoms with E-state index < -0.39 is 17.5 Å². The predicted octanol–water partition coefficient (Wildman–Crippen LogP) is 1.86. The topological polar surface area (TPSA) is 95.9 Å². The van der Waals surface area contributed by atoms with Gasteiger partial charge in [-0.25, -0.2) is 0 Å². The van der Waals surface area contributed by atoms with Crippen molar-refractivity contribution in [1.82, 2.24) is 0 Å². The standard InChI is InChI=1S/C18H19NO4/c1-9(2)10-6-7-11-14(8-10)23-18(22)12-4-3-5-13(19)15(12)16(20)17(11,18)21/h3-9,16,20-22H,19H2,1-2H3/t16?,17-,18-/m0/s1. The molecule has 0 amide bonds. The van der Waals surface area contributed by atoms with Gasteiger partial charge >= 0.3 is 0 Å². The van der Waals surface area contributed by atoms with E-state index in [2.05, 4.69) is 0 Å². The Balaban J connectivity index is 1.96. The van der Waals surface area contributed by atoms with Gasteiger partial charge in [-0.2, -0.15) is 0 Å². The molecule has 5 N–H and O–H groups in total. The molecule has 0 fully saturated rings. The zero-order valence-electron chi connectivity index (χ0n) is 12.9. The minimum Gasteiger partial charge on any atom is -0.454 e. The summed E-state index contributed by atoms with van der Waals surface area (Å²) in [5, 5.41) is 33.0. The van der Waals surface area contributed by atoms with E-state index in [0.717, 1.165) is 5.56 Å². The average molecular weight is 313 g/mol. The molecule has 1 aliphatic carbocycles. The van der Waals surface area contributed by atoms with E-state index >= 15 is 0 Å². The third kappa shape index (κ3) is 1.52. The van der Waals surface area contributed by atoms with Crippen LogP contribution in [0.15, 0.2) is 36.4 Å². The van der Waals surface area contributed by atoms with Crippen LogP contribution in [0.5, 0.6) is 5.75 Å². The van der Waals surface area contributed by atoms with E-state index in [-0.39, 0.29) is 5.92 Å². The number of hydrogen-bond acceptors (Lipinski definition) is 5. The molecule has 5 heteroatoms. The maximum atomic E-state index is 11.2. The maximum absolute atomic E-state index is 11.2. The molecule has 1 aliphatic heterocycles. The van der Waals surface area contributed by atoms with E-state index in [9.17, 15) is 15.3 Å². The van der Waals surface area contributed by atoms with Crippen LogP contribution in [0.4, 0.5) is 5.69 Å². The summed E-state index contributed by atoms with van der Waals surface area (Å²) in [6.45, 7) is 4.09. The molecule has 23 heavy (non-hydrogen) atoms. The van der Waals surface area contributed by atoms with Crippen LogP contribution in [0.3, 0.4) is 0 Å². The first-order valence-corrected chi connectivity index (χ1v) is 7.66. The van der Waals surface area contributed by atoms with Crippen LogP contribution in [0.1, 0.15) is 48.1 Å². The second kappa shape index (κ2) is 4.26. The van der Waals surface area contributed by atoms with E-state index in [1.54, 1.807) is 30.3 Å². The summed E-state index contributed by atoms with van der Waals surface area (Å²) in [6, 6.07) is 10.3. The number of aliphatic hydroxyl groups excluding tert-OH is 1. The van der Waals surface area contributed by atoms with Gasteiger partial charge in [0, 0.05) is 22.4 Å². The second-order valence-corrected chi connectivity index (χ2v) is 6.63. The minimum atomic E-state index is -2.05. The summed E-state index contributed by atoms with van der Waals surface area (Å²) in [6.07, 6.45) is -1.37. The van der Waals surface area contributed by atoms with Crippen molar-refractivity contribution in [2.45, 2.75) is 37.3 Å². The lowest BCUT2D eigenvalue weighted by molar-refractivity contribution is -0.271. The lowest BCUT2D eigenvalue weighted by atomic mass is 9.85. The lowest BCUT2D eigenvalue weighted by Crippen LogP contribution is -2.47. The summed E-state index contributed by atoms with van der Waals surface area (Å²) < 4.78 is 5.75. The molecule has 1 unspecified atom stereocenters. The number of benzene rings is 2. The highest BCUT2D eigenvalue weighted by Crippen LogP contribution is 2.63. The summed E-state index contributed by atoms with van der Waals surface area (Å²) in [4.78, 5) is 0. The van der Waals surface area contributed by atoms with Gasteiger partial charge < -0.3 is 25.8 Å². The number of anilines is 1. The lowest BCUT2D eigenvalue weighted by Gasteiger charge is -2.32. The summed E-state index contributed by atoms with van der Waals surface area (Å²) in [5.74, 6) is -1.38. The van der Waals surface area contributed by atoms with Crippen LogP contribution in [0.2, 0.25) is 0 Å². The summed E-state index contributed by atoms with van der Waals surface area (Å²) in [5.41, 5.74) is 6.28. The molecular weight excluding hydrogens is 294 g/mol. The van der Waals surface area contributed by atoms with Gasteiger partial charge in [-0.1, -0.05) is 38.1 Å². The Morgan fingerprint density at radius 3 is 2.57 bits per heavy atom. The molecule has 3 atom stereocenters. The normalized spacial score (nSPS) is 30.8. The Labute approximate surface area is 134 Å². The Morgan fingerprint density at radius 2 is 1.87 bits per heavy atom. The molecule has 0 spiro atoms. The van der Waals surface area contributed by atoms with Crippen LogP contribution in [0.25, 0.3) is 0 Å². The monoisotopic (exact) mass is 313 g/mol. The molecule has 2 aliphatic rings. The number of nitrogen functional groups attached to an aromatic ring is 1. The molecule has 120 valence electrons. The first-order valence-electron chi connectivity index (χ1n) is 7.66. The van der Waals surface area contributed by atoms with Crippen molar-refractivity contribution in [1.29, 1.82) is 0 Å². The SMILES string of the molecule is CC(C)c1ccc2c(c1)O[C@@]1(O)c3cccc(N)c3C(O)[C@@]21O. The molecule has 0 radical (unpaired) electrons. The molecule has 0 bridgehead atoms. The second-order valence-electron chi connectivity index (χ2n) is 6.63. The fourth-order valence-corrected chi connectivity index (χ4v) is 3.70. The molecule has 5 nitrogen and oxygen atoms in total. The van der Waals surface area contributed by atoms with Crippen LogP contribution in [0, 0.1) is 0 Å². The van der Waals surface area contributed by atoms with Crippen molar-refractivity contribution in [3.63, 3.8) is 0 Å². The van der Waals surface area contributed by atoms with Crippen molar-refractivity contribution in [3.8, 4) is 5.75 Å². The van der Waals surface area contributed by atoms with Crippen LogP contribution in [-0.4, -0.2) is 15.3 Å². The Kier molecular flexibility index (Phi) is 2.69. The predicted molar refractivity (Wildman–Crippen MR) is 84.8 cm³/mol. The molecule has 4 rings (SSSR count). The van der Waals surface area contributed by atoms with Crippen molar-refractivity contribution in [2.75, 3.05) is 5.73 Å². The van der Waals surface area contributed by atoms with Gasteiger partial charge in [-0.15, -0.1) is 0 Å². The Hall–Kier alpha value is -2.08. The van der Waals surface area contributed by atoms with Crippen LogP contribution < -0.4 is 10.5 Å². The van der Waals surface area contributed by atoms with Crippen molar-refractivity contribution in [2.24, 2.45) is 0 Å². The van der Waals surface area contributed by atoms with Gasteiger partial charge in [-0.3, -0.25) is 0 Å². The third-order valence-electron chi connectivity index (χ3n) is 5.03. The average Bonchev–Trinajstić information content (AvgIpc) is 2.84. The van der Waals surface area contributed by atoms with E-state index in [1.165, 1.54) is 0 Å². The van der Waals surface area contributed by atoms with Gasteiger partial charge in [-0.05, 0) is 23.6 Å². The molecule has 0 saturated heterocycles. The van der Waals surface area contributed by atoms with Gasteiger partial charge in [0.2, 0.25) is 0 Å². The van der Waals surface area contributed by atoms with Gasteiger partial charge in [0.1, 0.15) is 11.9 Å². The fourth-order valence-electron chi connectivity index (χ4n) is 3.70. The van der Waals surface area contributed by atoms with Gasteiger partial charge in [0.15, 0.2) is 5.60 Å². The Morgan fingerprint density at radius 1 is 1.13 bits per heavy atom. The van der Waals surface area contributed by atoms with Crippen LogP contribution >= 0.6 is 0 Å². The summed E-state index contributed by atoms with van der Waals surface area (Å²) >= 11 is 0. The highest BCUT2D eigenvalue weighted by Gasteiger charge is 2.70. The zero-order chi connectivity index (χ0) is 16.6. The number of ether oxygens (including phenoxy) is 1. The number of rotatable bonds is 1. The highest BCUT2D eigenvalue weighted by molar-refractivity contribution is 5.63. The van der Waals surface area contributed by atoms with Crippen molar-refractivity contribution < 1.29 is 20.1 Å². The maximum Gasteiger partial charge on any atom is 0.271 e. The molecule has 1 heterocycles. The highest BCUT2D eigenvalue weighted by atomic mass is 16.7. The molecule has 2 aromatic carbocycles. The Bertz CT molecular complexity index is 819. The first kappa shape index (κ1) is 14.5. The van der Waals surface area contributed by atoms with Gasteiger partial charge in [0.05, 0.1) is 0 Å². The molecule has 0 aromatic heterocycles. The molecular formula is C18H19NO4. The fraction of sp³-hybridized carbons (Fsp3) is 0.333. The van der Waals surface area contributed by atoms with Crippen molar-refractivity contribution in [3.05, 3.63) is 58.7 Å². The minimum absolute atomic E-state index is 0.279. The summed E-state index contributed by atoms with van der Waals surface area (Å²) in [7, 11) is 0. The molecule has 2 aromatic rings. The third-order valence-corrected chi connectivity index (χ3v) is 5.03. The number of hydrogen-bond donors (Lipinski definition) is 4. The van der Waals surface area contributed by atoms with Crippen molar-refractivity contribution >= 4 is 5.69 Å². The number of fused-ring (bicyclic) bond motifs is 5. The quantitative estimate of drug-likeness (QED) is 0.603. The van der Waals surface area contributed by atoms with Gasteiger partial charge in [0.25, 0.3) is 5.79 Å². The molecule has 0 saturated carbocycles. The smallest absolute Gasteiger partial charge is 0.271 e. The number of aliphatic hydroxyl groups is 3.